The van der Waals surface area contributed by atoms with Gasteiger partial charge in [0.15, 0.2) is 0 Å². The molecule has 1 heterocycles. The third-order valence-electron chi connectivity index (χ3n) is 2.83. The molecular formula is C11H15N3O. The van der Waals surface area contributed by atoms with E-state index in [1.165, 1.54) is 11.1 Å². The van der Waals surface area contributed by atoms with E-state index in [0.717, 1.165) is 12.0 Å². The van der Waals surface area contributed by atoms with Crippen LogP contribution in [0.15, 0.2) is 18.2 Å². The molecule has 80 valence electrons. The van der Waals surface area contributed by atoms with Gasteiger partial charge in [0.2, 0.25) is 0 Å². The molecule has 4 nitrogen and oxygen atoms in total. The molecule has 0 fully saturated rings. The van der Waals surface area contributed by atoms with Crippen LogP contribution in [0.5, 0.6) is 0 Å². The van der Waals surface area contributed by atoms with Crippen molar-refractivity contribution in [2.24, 2.45) is 11.5 Å². The molecule has 1 aliphatic rings. The minimum Gasteiger partial charge on any atom is -0.351 e. The first-order valence-corrected chi connectivity index (χ1v) is 5.06. The first-order valence-electron chi connectivity index (χ1n) is 5.06. The lowest BCUT2D eigenvalue weighted by Gasteiger charge is -2.27. The maximum absolute atomic E-state index is 11.0. The van der Waals surface area contributed by atoms with E-state index < -0.39 is 0 Å². The van der Waals surface area contributed by atoms with E-state index in [-0.39, 0.29) is 6.03 Å². The molecule has 0 bridgehead atoms. The highest BCUT2D eigenvalue weighted by Crippen LogP contribution is 2.19. The SMILES string of the molecule is NCc1ccc2c(c1)CN(C(N)=O)CC2. The highest BCUT2D eigenvalue weighted by molar-refractivity contribution is 5.72. The van der Waals surface area contributed by atoms with Crippen LogP contribution in [0.4, 0.5) is 4.79 Å². The third-order valence-corrected chi connectivity index (χ3v) is 2.83. The Bertz CT molecular complexity index is 389. The smallest absolute Gasteiger partial charge is 0.315 e. The van der Waals surface area contributed by atoms with E-state index in [2.05, 4.69) is 12.1 Å². The van der Waals surface area contributed by atoms with Gasteiger partial charge in [0.05, 0.1) is 0 Å². The molecule has 2 amide bonds. The second-order valence-electron chi connectivity index (χ2n) is 3.82. The van der Waals surface area contributed by atoms with Crippen LogP contribution in [0.2, 0.25) is 0 Å². The first kappa shape index (κ1) is 9.98. The largest absolute Gasteiger partial charge is 0.351 e. The fourth-order valence-corrected chi connectivity index (χ4v) is 1.93. The topological polar surface area (TPSA) is 72.3 Å². The summed E-state index contributed by atoms with van der Waals surface area (Å²) in [6.45, 7) is 1.85. The Hall–Kier alpha value is -1.55. The molecule has 0 aromatic heterocycles. The van der Waals surface area contributed by atoms with Crippen molar-refractivity contribution in [1.29, 1.82) is 0 Å². The molecule has 1 aliphatic heterocycles. The molecule has 4 N–H and O–H groups in total. The summed E-state index contributed by atoms with van der Waals surface area (Å²) >= 11 is 0. The summed E-state index contributed by atoms with van der Waals surface area (Å²) in [6, 6.07) is 5.85. The van der Waals surface area contributed by atoms with Crippen molar-refractivity contribution in [3.63, 3.8) is 0 Å². The van der Waals surface area contributed by atoms with Gasteiger partial charge in [0, 0.05) is 19.6 Å². The summed E-state index contributed by atoms with van der Waals surface area (Å²) in [5.41, 5.74) is 14.4. The van der Waals surface area contributed by atoms with Crippen molar-refractivity contribution in [2.45, 2.75) is 19.5 Å². The molecular weight excluding hydrogens is 190 g/mol. The monoisotopic (exact) mass is 205 g/mol. The van der Waals surface area contributed by atoms with Crippen LogP contribution in [-0.4, -0.2) is 17.5 Å². The van der Waals surface area contributed by atoms with Crippen LogP contribution >= 0.6 is 0 Å². The van der Waals surface area contributed by atoms with Crippen molar-refractivity contribution >= 4 is 6.03 Å². The van der Waals surface area contributed by atoms with Crippen LogP contribution in [0, 0.1) is 0 Å². The molecule has 15 heavy (non-hydrogen) atoms. The summed E-state index contributed by atoms with van der Waals surface area (Å²) in [6.07, 6.45) is 0.878. The summed E-state index contributed by atoms with van der Waals surface area (Å²) in [7, 11) is 0. The van der Waals surface area contributed by atoms with Crippen LogP contribution in [0.25, 0.3) is 0 Å². The lowest BCUT2D eigenvalue weighted by Crippen LogP contribution is -2.39. The van der Waals surface area contributed by atoms with Gasteiger partial charge in [-0.3, -0.25) is 0 Å². The standard InChI is InChI=1S/C11H15N3O/c12-6-8-1-2-9-3-4-14(11(13)15)7-10(9)5-8/h1-2,5H,3-4,6-7,12H2,(H2,13,15). The molecule has 1 aromatic carbocycles. The summed E-state index contributed by atoms with van der Waals surface area (Å²) in [5, 5.41) is 0. The molecule has 0 aliphatic carbocycles. The molecule has 0 saturated carbocycles. The fraction of sp³-hybridized carbons (Fsp3) is 0.364. The van der Waals surface area contributed by atoms with Crippen molar-refractivity contribution in [1.82, 2.24) is 4.90 Å². The maximum Gasteiger partial charge on any atom is 0.315 e. The van der Waals surface area contributed by atoms with Crippen molar-refractivity contribution < 1.29 is 4.79 Å². The molecule has 4 heteroatoms. The van der Waals surface area contributed by atoms with Crippen LogP contribution in [0.1, 0.15) is 16.7 Å². The van der Waals surface area contributed by atoms with E-state index in [1.54, 1.807) is 4.90 Å². The Labute approximate surface area is 88.9 Å². The number of fused-ring (bicyclic) bond motifs is 1. The Morgan fingerprint density at radius 1 is 1.40 bits per heavy atom. The quantitative estimate of drug-likeness (QED) is 0.704. The number of nitrogens with zero attached hydrogens (tertiary/aromatic N) is 1. The van der Waals surface area contributed by atoms with E-state index in [4.69, 9.17) is 11.5 Å². The van der Waals surface area contributed by atoms with Crippen molar-refractivity contribution in [3.8, 4) is 0 Å². The second kappa shape index (κ2) is 3.90. The maximum atomic E-state index is 11.0. The van der Waals surface area contributed by atoms with Gasteiger partial charge in [-0.05, 0) is 23.1 Å². The van der Waals surface area contributed by atoms with Gasteiger partial charge in [0.25, 0.3) is 0 Å². The van der Waals surface area contributed by atoms with Gasteiger partial charge >= 0.3 is 6.03 Å². The highest BCUT2D eigenvalue weighted by atomic mass is 16.2. The molecule has 0 radical (unpaired) electrons. The van der Waals surface area contributed by atoms with Crippen LogP contribution in [-0.2, 0) is 19.5 Å². The average molecular weight is 205 g/mol. The van der Waals surface area contributed by atoms with E-state index in [9.17, 15) is 4.79 Å². The van der Waals surface area contributed by atoms with E-state index in [0.29, 0.717) is 19.6 Å². The van der Waals surface area contributed by atoms with Crippen LogP contribution < -0.4 is 11.5 Å². The predicted octanol–water partition coefficient (Wildman–Crippen LogP) is 0.582. The fourth-order valence-electron chi connectivity index (χ4n) is 1.93. The van der Waals surface area contributed by atoms with Crippen LogP contribution in [0.3, 0.4) is 0 Å². The number of hydrogen-bond donors (Lipinski definition) is 2. The Balaban J connectivity index is 2.27. The van der Waals surface area contributed by atoms with Gasteiger partial charge in [-0.25, -0.2) is 4.79 Å². The number of benzene rings is 1. The predicted molar refractivity (Wildman–Crippen MR) is 58.0 cm³/mol. The van der Waals surface area contributed by atoms with Gasteiger partial charge in [-0.15, -0.1) is 0 Å². The third kappa shape index (κ3) is 1.94. The molecule has 2 rings (SSSR count). The average Bonchev–Trinajstić information content (AvgIpc) is 2.27. The summed E-state index contributed by atoms with van der Waals surface area (Å²) in [4.78, 5) is 12.7. The van der Waals surface area contributed by atoms with Crippen molar-refractivity contribution in [3.05, 3.63) is 34.9 Å². The number of carbonyl (C=O) groups excluding carboxylic acids is 1. The minimum absolute atomic E-state index is 0.348. The number of carbonyl (C=O) groups is 1. The number of nitrogens with two attached hydrogens (primary N) is 2. The van der Waals surface area contributed by atoms with Crippen molar-refractivity contribution in [2.75, 3.05) is 6.54 Å². The Morgan fingerprint density at radius 2 is 2.20 bits per heavy atom. The second-order valence-corrected chi connectivity index (χ2v) is 3.82. The summed E-state index contributed by atoms with van der Waals surface area (Å²) < 4.78 is 0. The number of urea groups is 1. The normalized spacial score (nSPS) is 14.9. The van der Waals surface area contributed by atoms with Gasteiger partial charge in [-0.1, -0.05) is 18.2 Å². The summed E-state index contributed by atoms with van der Waals surface area (Å²) in [5.74, 6) is 0. The lowest BCUT2D eigenvalue weighted by molar-refractivity contribution is 0.202. The highest BCUT2D eigenvalue weighted by Gasteiger charge is 2.18. The molecule has 0 saturated heterocycles. The van der Waals surface area contributed by atoms with E-state index >= 15 is 0 Å². The molecule has 0 atom stereocenters. The lowest BCUT2D eigenvalue weighted by atomic mass is 9.97. The van der Waals surface area contributed by atoms with Gasteiger partial charge in [0.1, 0.15) is 0 Å². The molecule has 0 unspecified atom stereocenters. The number of rotatable bonds is 1. The zero-order chi connectivity index (χ0) is 10.8. The Morgan fingerprint density at radius 3 is 2.87 bits per heavy atom. The Kier molecular flexibility index (Phi) is 2.60. The van der Waals surface area contributed by atoms with Gasteiger partial charge < -0.3 is 16.4 Å². The number of hydrogen-bond acceptors (Lipinski definition) is 2. The zero-order valence-corrected chi connectivity index (χ0v) is 8.57. The zero-order valence-electron chi connectivity index (χ0n) is 8.57. The molecule has 1 aromatic rings. The van der Waals surface area contributed by atoms with E-state index in [1.807, 2.05) is 6.07 Å². The molecule has 0 spiro atoms. The first-order chi connectivity index (χ1) is 7.20. The van der Waals surface area contributed by atoms with Gasteiger partial charge in [-0.2, -0.15) is 0 Å². The number of amides is 2. The number of primary amides is 1. The minimum atomic E-state index is -0.348.